The minimum atomic E-state index is -4.82. The third-order valence-electron chi connectivity index (χ3n) is 3.85. The van der Waals surface area contributed by atoms with Crippen molar-refractivity contribution in [2.24, 2.45) is 7.05 Å². The van der Waals surface area contributed by atoms with Gasteiger partial charge >= 0.3 is 12.4 Å². The van der Waals surface area contributed by atoms with E-state index in [0.717, 1.165) is 35.0 Å². The van der Waals surface area contributed by atoms with Crippen LogP contribution in [0, 0.1) is 11.3 Å². The molecule has 0 unspecified atom stereocenters. The number of hydrogen-bond donors (Lipinski definition) is 0. The van der Waals surface area contributed by atoms with Crippen LogP contribution in [0.25, 0.3) is 11.3 Å². The molecule has 0 fully saturated rings. The van der Waals surface area contributed by atoms with E-state index in [9.17, 15) is 31.6 Å². The monoisotopic (exact) mass is 446 g/mol. The molecule has 0 N–H and O–H groups in total. The molecule has 30 heavy (non-hydrogen) atoms. The molecular weight excluding hydrogens is 438 g/mol. The van der Waals surface area contributed by atoms with Gasteiger partial charge in [0.25, 0.3) is 0 Å². The van der Waals surface area contributed by atoms with Gasteiger partial charge in [-0.3, -0.25) is 0 Å². The summed E-state index contributed by atoms with van der Waals surface area (Å²) in [7, 11) is 1.17. The van der Waals surface area contributed by atoms with Gasteiger partial charge in [0, 0.05) is 18.7 Å². The van der Waals surface area contributed by atoms with E-state index in [1.54, 1.807) is 0 Å². The second-order valence-corrected chi connectivity index (χ2v) is 6.34. The van der Waals surface area contributed by atoms with Gasteiger partial charge in [0.1, 0.15) is 5.02 Å². The van der Waals surface area contributed by atoms with Gasteiger partial charge in [-0.15, -0.1) is 0 Å². The molecule has 0 amide bonds. The Labute approximate surface area is 170 Å². The predicted octanol–water partition coefficient (Wildman–Crippen LogP) is 5.84. The lowest BCUT2D eigenvalue weighted by Crippen LogP contribution is -2.07. The molecule has 0 saturated carbocycles. The lowest BCUT2D eigenvalue weighted by Gasteiger charge is -2.10. The number of alkyl halides is 6. The van der Waals surface area contributed by atoms with E-state index < -0.39 is 34.5 Å². The second kappa shape index (κ2) is 7.53. The molecule has 3 aromatic rings. The molecule has 156 valence electrons. The number of aryl methyl sites for hydroxylation is 1. The highest BCUT2D eigenvalue weighted by Gasteiger charge is 2.39. The fourth-order valence-corrected chi connectivity index (χ4v) is 2.78. The van der Waals surface area contributed by atoms with Crippen molar-refractivity contribution in [2.75, 3.05) is 0 Å². The van der Waals surface area contributed by atoms with Crippen molar-refractivity contribution in [3.8, 4) is 29.1 Å². The third kappa shape index (κ3) is 4.33. The molecule has 0 aliphatic heterocycles. The van der Waals surface area contributed by atoms with E-state index in [1.165, 1.54) is 13.1 Å². The van der Waals surface area contributed by atoms with Crippen LogP contribution in [-0.4, -0.2) is 14.8 Å². The molecule has 12 heteroatoms. The van der Waals surface area contributed by atoms with E-state index in [4.69, 9.17) is 16.3 Å². The Kier molecular flexibility index (Phi) is 5.38. The maximum absolute atomic E-state index is 12.9. The van der Waals surface area contributed by atoms with Gasteiger partial charge in [0.15, 0.2) is 5.69 Å². The number of pyridine rings is 1. The summed E-state index contributed by atoms with van der Waals surface area (Å²) in [6.45, 7) is 0. The summed E-state index contributed by atoms with van der Waals surface area (Å²) in [5.74, 6) is -0.757. The van der Waals surface area contributed by atoms with Crippen molar-refractivity contribution in [1.82, 2.24) is 14.8 Å². The minimum absolute atomic E-state index is 0.0178. The third-order valence-corrected chi connectivity index (χ3v) is 4.19. The number of rotatable bonds is 3. The zero-order valence-electron chi connectivity index (χ0n) is 14.8. The molecule has 5 nitrogen and oxygen atoms in total. The summed E-state index contributed by atoms with van der Waals surface area (Å²) in [6, 6.07) is 8.23. The zero-order valence-corrected chi connectivity index (χ0v) is 15.6. The Balaban J connectivity index is 2.01. The van der Waals surface area contributed by atoms with Crippen LogP contribution in [0.2, 0.25) is 5.02 Å². The average molecular weight is 447 g/mol. The first-order valence-electron chi connectivity index (χ1n) is 7.97. The molecule has 3 rings (SSSR count). The first-order chi connectivity index (χ1) is 13.9. The highest BCUT2D eigenvalue weighted by molar-refractivity contribution is 6.32. The Hall–Kier alpha value is -3.26. The second-order valence-electron chi connectivity index (χ2n) is 5.96. The molecule has 0 spiro atoms. The topological polar surface area (TPSA) is 63.7 Å². The largest absolute Gasteiger partial charge is 0.436 e. The Morgan fingerprint density at radius 1 is 1.03 bits per heavy atom. The predicted molar refractivity (Wildman–Crippen MR) is 92.7 cm³/mol. The highest BCUT2D eigenvalue weighted by atomic mass is 35.5. The quantitative estimate of drug-likeness (QED) is 0.474. The maximum Gasteiger partial charge on any atom is 0.436 e. The summed E-state index contributed by atoms with van der Waals surface area (Å²) >= 11 is 5.73. The molecule has 0 saturated heterocycles. The van der Waals surface area contributed by atoms with Crippen LogP contribution in [0.4, 0.5) is 26.3 Å². The van der Waals surface area contributed by atoms with Crippen LogP contribution < -0.4 is 4.74 Å². The maximum atomic E-state index is 12.9. The van der Waals surface area contributed by atoms with Crippen molar-refractivity contribution in [1.29, 1.82) is 5.26 Å². The first kappa shape index (κ1) is 21.4. The number of nitriles is 1. The summed E-state index contributed by atoms with van der Waals surface area (Å²) in [6.07, 6.45) is -9.34. The van der Waals surface area contributed by atoms with Gasteiger partial charge in [-0.25, -0.2) is 9.67 Å². The van der Waals surface area contributed by atoms with Gasteiger partial charge in [-0.05, 0) is 18.2 Å². The fraction of sp³-hybridized carbons (Fsp3) is 0.167. The number of nitrogens with zero attached hydrogens (tertiary/aromatic N) is 4. The van der Waals surface area contributed by atoms with Gasteiger partial charge in [-0.2, -0.15) is 36.7 Å². The van der Waals surface area contributed by atoms with Crippen LogP contribution in [0.15, 0.2) is 36.4 Å². The van der Waals surface area contributed by atoms with E-state index >= 15 is 0 Å². The van der Waals surface area contributed by atoms with Crippen LogP contribution in [0.1, 0.15) is 16.8 Å². The van der Waals surface area contributed by atoms with Crippen molar-refractivity contribution in [3.05, 3.63) is 58.2 Å². The standard InChI is InChI=1S/C18H9ClF6N4O/c1-29-16(14(19)15(28-29)18(23,24)25)30-13-7-9(8-26)6-12(27-13)10-2-4-11(5-3-10)17(20,21)22/h2-7H,1H3. The van der Waals surface area contributed by atoms with Crippen LogP contribution in [-0.2, 0) is 19.4 Å². The van der Waals surface area contributed by atoms with Crippen LogP contribution in [0.3, 0.4) is 0 Å². The van der Waals surface area contributed by atoms with Crippen molar-refractivity contribution < 1.29 is 31.1 Å². The summed E-state index contributed by atoms with van der Waals surface area (Å²) < 4.78 is 83.1. The molecule has 1 aromatic carbocycles. The molecule has 2 heterocycles. The first-order valence-corrected chi connectivity index (χ1v) is 8.35. The van der Waals surface area contributed by atoms with Crippen molar-refractivity contribution in [2.45, 2.75) is 12.4 Å². The van der Waals surface area contributed by atoms with Gasteiger partial charge in [0.2, 0.25) is 11.8 Å². The molecule has 0 radical (unpaired) electrons. The molecule has 0 aliphatic rings. The van der Waals surface area contributed by atoms with E-state index in [0.29, 0.717) is 0 Å². The van der Waals surface area contributed by atoms with E-state index in [2.05, 4.69) is 10.1 Å². The van der Waals surface area contributed by atoms with Gasteiger partial charge in [-0.1, -0.05) is 23.7 Å². The van der Waals surface area contributed by atoms with Gasteiger partial charge < -0.3 is 4.74 Å². The zero-order chi connectivity index (χ0) is 22.3. The number of ether oxygens (including phenoxy) is 1. The summed E-state index contributed by atoms with van der Waals surface area (Å²) in [4.78, 5) is 4.06. The van der Waals surface area contributed by atoms with E-state index in [1.807, 2.05) is 6.07 Å². The Bertz CT molecular complexity index is 1130. The SMILES string of the molecule is Cn1nc(C(F)(F)F)c(Cl)c1Oc1cc(C#N)cc(-c2ccc(C(F)(F)F)cc2)n1. The lowest BCUT2D eigenvalue weighted by atomic mass is 10.1. The Morgan fingerprint density at radius 3 is 2.17 bits per heavy atom. The average Bonchev–Trinajstić information content (AvgIpc) is 2.95. The van der Waals surface area contributed by atoms with Gasteiger partial charge in [0.05, 0.1) is 22.9 Å². The smallest absolute Gasteiger partial charge is 0.419 e. The van der Waals surface area contributed by atoms with Crippen LogP contribution >= 0.6 is 11.6 Å². The number of halogens is 7. The Morgan fingerprint density at radius 2 is 1.67 bits per heavy atom. The molecule has 0 bridgehead atoms. The number of benzene rings is 1. The van der Waals surface area contributed by atoms with Crippen molar-refractivity contribution >= 4 is 11.6 Å². The molecular formula is C18H9ClF6N4O. The normalized spacial score (nSPS) is 12.0. The highest BCUT2D eigenvalue weighted by Crippen LogP contribution is 2.40. The lowest BCUT2D eigenvalue weighted by molar-refractivity contribution is -0.141. The summed E-state index contributed by atoms with van der Waals surface area (Å²) in [5.41, 5.74) is -1.91. The summed E-state index contributed by atoms with van der Waals surface area (Å²) in [5, 5.41) is 11.7. The fourth-order valence-electron chi connectivity index (χ4n) is 2.47. The minimum Gasteiger partial charge on any atom is -0.419 e. The van der Waals surface area contributed by atoms with Crippen molar-refractivity contribution in [3.63, 3.8) is 0 Å². The number of hydrogen-bond acceptors (Lipinski definition) is 4. The number of aromatic nitrogens is 3. The molecule has 2 aromatic heterocycles. The van der Waals surface area contributed by atoms with E-state index in [-0.39, 0.29) is 22.7 Å². The molecule has 0 aliphatic carbocycles. The molecule has 0 atom stereocenters. The van der Waals surface area contributed by atoms with Crippen LogP contribution in [0.5, 0.6) is 11.8 Å².